The van der Waals surface area contributed by atoms with Crippen LogP contribution in [0.15, 0.2) is 42.5 Å². The van der Waals surface area contributed by atoms with Crippen LogP contribution < -0.4 is 5.32 Å². The number of nitrogens with one attached hydrogen (secondary N) is 1. The summed E-state index contributed by atoms with van der Waals surface area (Å²) in [5, 5.41) is 13.6. The summed E-state index contributed by atoms with van der Waals surface area (Å²) in [6, 6.07) is 11.6. The summed E-state index contributed by atoms with van der Waals surface area (Å²) < 4.78 is 13.2. The number of carboxylic acid groups (broad SMARTS) is 1. The third kappa shape index (κ3) is 4.19. The first kappa shape index (κ1) is 18.7. The SMILES string of the molecule is CS[C@H]1C[C@@H](CNc2ccc(C(=O)O)c(-c3ccc(F)cc3)c2)N(C)C1. The molecule has 1 saturated heterocycles. The molecule has 6 heteroatoms. The van der Waals surface area contributed by atoms with Crippen molar-refractivity contribution >= 4 is 23.4 Å². The molecule has 3 rings (SSSR count). The normalized spacial score (nSPS) is 20.3. The van der Waals surface area contributed by atoms with Crippen LogP contribution in [0.1, 0.15) is 16.8 Å². The molecule has 138 valence electrons. The van der Waals surface area contributed by atoms with Crippen molar-refractivity contribution in [2.75, 3.05) is 31.7 Å². The first-order valence-electron chi connectivity index (χ1n) is 8.58. The van der Waals surface area contributed by atoms with Gasteiger partial charge in [-0.25, -0.2) is 9.18 Å². The van der Waals surface area contributed by atoms with E-state index in [0.717, 1.165) is 25.2 Å². The number of thioether (sulfide) groups is 1. The van der Waals surface area contributed by atoms with Gasteiger partial charge in [0, 0.05) is 30.1 Å². The highest BCUT2D eigenvalue weighted by Crippen LogP contribution is 2.29. The number of carbonyl (C=O) groups is 1. The van der Waals surface area contributed by atoms with Crippen LogP contribution in [0.3, 0.4) is 0 Å². The van der Waals surface area contributed by atoms with Crippen LogP contribution in [-0.2, 0) is 0 Å². The van der Waals surface area contributed by atoms with Crippen molar-refractivity contribution < 1.29 is 14.3 Å². The van der Waals surface area contributed by atoms with Crippen molar-refractivity contribution in [3.8, 4) is 11.1 Å². The number of benzene rings is 2. The molecule has 1 aliphatic heterocycles. The van der Waals surface area contributed by atoms with Gasteiger partial charge in [-0.15, -0.1) is 0 Å². The Bertz CT molecular complexity index is 782. The first-order chi connectivity index (χ1) is 12.5. The van der Waals surface area contributed by atoms with Gasteiger partial charge in [-0.1, -0.05) is 12.1 Å². The Labute approximate surface area is 157 Å². The number of anilines is 1. The fourth-order valence-corrected chi connectivity index (χ4v) is 4.18. The summed E-state index contributed by atoms with van der Waals surface area (Å²) in [5.41, 5.74) is 2.36. The average Bonchev–Trinajstić information content (AvgIpc) is 3.00. The van der Waals surface area contributed by atoms with E-state index in [-0.39, 0.29) is 11.4 Å². The van der Waals surface area contributed by atoms with E-state index in [1.54, 1.807) is 24.3 Å². The molecule has 2 aromatic carbocycles. The van der Waals surface area contributed by atoms with E-state index in [0.29, 0.717) is 22.4 Å². The van der Waals surface area contributed by atoms with E-state index in [2.05, 4.69) is 23.5 Å². The molecular weight excluding hydrogens is 351 g/mol. The minimum Gasteiger partial charge on any atom is -0.478 e. The summed E-state index contributed by atoms with van der Waals surface area (Å²) >= 11 is 1.90. The highest BCUT2D eigenvalue weighted by Gasteiger charge is 2.28. The molecule has 0 saturated carbocycles. The molecule has 1 heterocycles. The Morgan fingerprint density at radius 3 is 2.65 bits per heavy atom. The number of hydrogen-bond acceptors (Lipinski definition) is 4. The van der Waals surface area contributed by atoms with E-state index in [1.807, 2.05) is 17.8 Å². The van der Waals surface area contributed by atoms with E-state index < -0.39 is 5.97 Å². The molecule has 26 heavy (non-hydrogen) atoms. The standard InChI is InChI=1S/C20H23FN2O2S/c1-23-12-17(26-2)10-16(23)11-22-15-7-8-18(20(24)25)19(9-15)13-3-5-14(21)6-4-13/h3-9,16-17,22H,10-12H2,1-2H3,(H,24,25)/t16-,17-/m0/s1. The lowest BCUT2D eigenvalue weighted by molar-refractivity contribution is 0.0698. The largest absolute Gasteiger partial charge is 0.478 e. The number of likely N-dealkylation sites (tertiary alicyclic amines) is 1. The predicted octanol–water partition coefficient (Wildman–Crippen LogP) is 4.04. The number of hydrogen-bond donors (Lipinski definition) is 2. The van der Waals surface area contributed by atoms with Crippen molar-refractivity contribution in [1.82, 2.24) is 4.90 Å². The van der Waals surface area contributed by atoms with Gasteiger partial charge in [0.25, 0.3) is 0 Å². The summed E-state index contributed by atoms with van der Waals surface area (Å²) in [4.78, 5) is 13.9. The summed E-state index contributed by atoms with van der Waals surface area (Å²) in [6.07, 6.45) is 3.29. The lowest BCUT2D eigenvalue weighted by Gasteiger charge is -2.20. The third-order valence-corrected chi connectivity index (χ3v) is 5.94. The Balaban J connectivity index is 1.79. The Hall–Kier alpha value is -2.05. The fourth-order valence-electron chi connectivity index (χ4n) is 3.38. The Kier molecular flexibility index (Phi) is 5.84. The maximum Gasteiger partial charge on any atom is 0.336 e. The van der Waals surface area contributed by atoms with Gasteiger partial charge >= 0.3 is 5.97 Å². The second kappa shape index (κ2) is 8.10. The molecule has 2 N–H and O–H groups in total. The smallest absolute Gasteiger partial charge is 0.336 e. The Morgan fingerprint density at radius 1 is 1.31 bits per heavy atom. The van der Waals surface area contributed by atoms with Crippen molar-refractivity contribution in [3.05, 3.63) is 53.8 Å². The zero-order valence-corrected chi connectivity index (χ0v) is 15.7. The molecule has 0 unspecified atom stereocenters. The summed E-state index contributed by atoms with van der Waals surface area (Å²) in [5.74, 6) is -1.33. The van der Waals surface area contributed by atoms with Crippen LogP contribution in [-0.4, -0.2) is 53.7 Å². The van der Waals surface area contributed by atoms with Gasteiger partial charge in [0.05, 0.1) is 5.56 Å². The predicted molar refractivity (Wildman–Crippen MR) is 106 cm³/mol. The maximum absolute atomic E-state index is 13.2. The molecule has 1 fully saturated rings. The van der Waals surface area contributed by atoms with Gasteiger partial charge in [0.2, 0.25) is 0 Å². The van der Waals surface area contributed by atoms with Gasteiger partial charge in [-0.3, -0.25) is 0 Å². The summed E-state index contributed by atoms with van der Waals surface area (Å²) in [6.45, 7) is 1.90. The molecule has 1 aliphatic rings. The molecular formula is C20H23FN2O2S. The van der Waals surface area contributed by atoms with E-state index in [1.165, 1.54) is 12.1 Å². The quantitative estimate of drug-likeness (QED) is 0.799. The van der Waals surface area contributed by atoms with Gasteiger partial charge in [0.1, 0.15) is 5.82 Å². The average molecular weight is 374 g/mol. The number of nitrogens with zero attached hydrogens (tertiary/aromatic N) is 1. The molecule has 2 aromatic rings. The monoisotopic (exact) mass is 374 g/mol. The highest BCUT2D eigenvalue weighted by atomic mass is 32.2. The molecule has 0 spiro atoms. The highest BCUT2D eigenvalue weighted by molar-refractivity contribution is 7.99. The van der Waals surface area contributed by atoms with E-state index in [4.69, 9.17) is 0 Å². The molecule has 0 amide bonds. The van der Waals surface area contributed by atoms with Gasteiger partial charge in [-0.05, 0) is 61.2 Å². The molecule has 0 aliphatic carbocycles. The Morgan fingerprint density at radius 2 is 2.04 bits per heavy atom. The number of halogens is 1. The van der Waals surface area contributed by atoms with Crippen LogP contribution in [0.5, 0.6) is 0 Å². The molecule has 2 atom stereocenters. The summed E-state index contributed by atoms with van der Waals surface area (Å²) in [7, 11) is 2.14. The zero-order chi connectivity index (χ0) is 18.7. The van der Waals surface area contributed by atoms with Gasteiger partial charge in [-0.2, -0.15) is 11.8 Å². The second-order valence-corrected chi connectivity index (χ2v) is 7.78. The second-order valence-electron chi connectivity index (χ2n) is 6.64. The number of likely N-dealkylation sites (N-methyl/N-ethyl adjacent to an activating group) is 1. The van der Waals surface area contributed by atoms with Crippen LogP contribution in [0.25, 0.3) is 11.1 Å². The van der Waals surface area contributed by atoms with Crippen LogP contribution in [0, 0.1) is 5.82 Å². The molecule has 0 bridgehead atoms. The number of carboxylic acids is 1. The van der Waals surface area contributed by atoms with Crippen molar-refractivity contribution in [3.63, 3.8) is 0 Å². The van der Waals surface area contributed by atoms with Crippen molar-refractivity contribution in [1.29, 1.82) is 0 Å². The molecule has 0 radical (unpaired) electrons. The fraction of sp³-hybridized carbons (Fsp3) is 0.350. The van der Waals surface area contributed by atoms with E-state index in [9.17, 15) is 14.3 Å². The topological polar surface area (TPSA) is 52.6 Å². The minimum absolute atomic E-state index is 0.211. The lowest BCUT2D eigenvalue weighted by atomic mass is 9.99. The van der Waals surface area contributed by atoms with Gasteiger partial charge < -0.3 is 15.3 Å². The lowest BCUT2D eigenvalue weighted by Crippen LogP contribution is -2.31. The number of rotatable bonds is 6. The van der Waals surface area contributed by atoms with Crippen molar-refractivity contribution in [2.45, 2.75) is 17.7 Å². The first-order valence-corrected chi connectivity index (χ1v) is 9.87. The maximum atomic E-state index is 13.2. The van der Waals surface area contributed by atoms with Crippen molar-refractivity contribution in [2.24, 2.45) is 0 Å². The van der Waals surface area contributed by atoms with Crippen LogP contribution in [0.2, 0.25) is 0 Å². The van der Waals surface area contributed by atoms with Crippen LogP contribution in [0.4, 0.5) is 10.1 Å². The number of aromatic carboxylic acids is 1. The minimum atomic E-state index is -0.991. The van der Waals surface area contributed by atoms with Gasteiger partial charge in [0.15, 0.2) is 0 Å². The van der Waals surface area contributed by atoms with Crippen LogP contribution >= 0.6 is 11.8 Å². The zero-order valence-electron chi connectivity index (χ0n) is 14.9. The molecule has 0 aromatic heterocycles. The third-order valence-electron chi connectivity index (χ3n) is 4.93. The van der Waals surface area contributed by atoms with E-state index >= 15 is 0 Å². The molecule has 4 nitrogen and oxygen atoms in total.